The van der Waals surface area contributed by atoms with Crippen LogP contribution in [0.3, 0.4) is 0 Å². The van der Waals surface area contributed by atoms with Gasteiger partial charge in [0.05, 0.1) is 5.69 Å². The van der Waals surface area contributed by atoms with Gasteiger partial charge in [0, 0.05) is 25.8 Å². The fourth-order valence-electron chi connectivity index (χ4n) is 0.919. The summed E-state index contributed by atoms with van der Waals surface area (Å²) in [5, 5.41) is 9.34. The lowest BCUT2D eigenvalue weighted by atomic mass is 10.2. The SMILES string of the molecule is CN(C)c1ccc(N)cc1O. The molecule has 0 atom stereocenters. The van der Waals surface area contributed by atoms with Gasteiger partial charge in [-0.1, -0.05) is 0 Å². The lowest BCUT2D eigenvalue weighted by Gasteiger charge is -2.13. The Morgan fingerprint density at radius 2 is 2.00 bits per heavy atom. The molecule has 0 saturated carbocycles. The lowest BCUT2D eigenvalue weighted by molar-refractivity contribution is 0.476. The molecule has 0 heterocycles. The molecule has 1 rings (SSSR count). The summed E-state index contributed by atoms with van der Waals surface area (Å²) in [7, 11) is 3.73. The second-order valence-corrected chi connectivity index (χ2v) is 2.64. The molecule has 0 aliphatic rings. The number of nitrogens with two attached hydrogens (primary N) is 1. The molecule has 60 valence electrons. The third-order valence-electron chi connectivity index (χ3n) is 1.48. The molecule has 11 heavy (non-hydrogen) atoms. The van der Waals surface area contributed by atoms with E-state index in [-0.39, 0.29) is 5.75 Å². The van der Waals surface area contributed by atoms with E-state index in [4.69, 9.17) is 5.73 Å². The van der Waals surface area contributed by atoms with Gasteiger partial charge in [-0.25, -0.2) is 0 Å². The highest BCUT2D eigenvalue weighted by atomic mass is 16.3. The molecular formula is C8H12N2O. The lowest BCUT2D eigenvalue weighted by Crippen LogP contribution is -2.08. The van der Waals surface area contributed by atoms with Gasteiger partial charge in [0.25, 0.3) is 0 Å². The van der Waals surface area contributed by atoms with Crippen molar-refractivity contribution in [3.63, 3.8) is 0 Å². The average molecular weight is 152 g/mol. The van der Waals surface area contributed by atoms with E-state index in [0.717, 1.165) is 5.69 Å². The van der Waals surface area contributed by atoms with Gasteiger partial charge < -0.3 is 15.7 Å². The molecule has 0 fully saturated rings. The van der Waals surface area contributed by atoms with E-state index < -0.39 is 0 Å². The smallest absolute Gasteiger partial charge is 0.140 e. The number of benzene rings is 1. The summed E-state index contributed by atoms with van der Waals surface area (Å²) in [5.74, 6) is 0.218. The van der Waals surface area contributed by atoms with E-state index in [1.807, 2.05) is 19.0 Å². The number of rotatable bonds is 1. The fraction of sp³-hybridized carbons (Fsp3) is 0.250. The molecule has 0 aliphatic carbocycles. The molecule has 0 aliphatic heterocycles. The maximum absolute atomic E-state index is 9.34. The maximum Gasteiger partial charge on any atom is 0.140 e. The van der Waals surface area contributed by atoms with Crippen molar-refractivity contribution in [2.75, 3.05) is 24.7 Å². The van der Waals surface area contributed by atoms with E-state index >= 15 is 0 Å². The van der Waals surface area contributed by atoms with Gasteiger partial charge in [-0.2, -0.15) is 0 Å². The first-order valence-corrected chi connectivity index (χ1v) is 3.37. The Kier molecular flexibility index (Phi) is 1.89. The number of hydrogen-bond donors (Lipinski definition) is 2. The van der Waals surface area contributed by atoms with Crippen LogP contribution in [0.1, 0.15) is 0 Å². The number of hydrogen-bond acceptors (Lipinski definition) is 3. The van der Waals surface area contributed by atoms with Crippen molar-refractivity contribution in [2.45, 2.75) is 0 Å². The van der Waals surface area contributed by atoms with Gasteiger partial charge in [0.15, 0.2) is 0 Å². The third-order valence-corrected chi connectivity index (χ3v) is 1.48. The Morgan fingerprint density at radius 3 is 2.45 bits per heavy atom. The molecule has 1 aromatic carbocycles. The predicted octanol–water partition coefficient (Wildman–Crippen LogP) is 1.04. The predicted molar refractivity (Wildman–Crippen MR) is 46.8 cm³/mol. The molecule has 0 aromatic heterocycles. The standard InChI is InChI=1S/C8H12N2O/c1-10(2)7-4-3-6(9)5-8(7)11/h3-5,11H,9H2,1-2H3. The van der Waals surface area contributed by atoms with E-state index in [1.165, 1.54) is 6.07 Å². The van der Waals surface area contributed by atoms with Crippen LogP contribution in [0.5, 0.6) is 5.75 Å². The number of aromatic hydroxyl groups is 1. The highest BCUT2D eigenvalue weighted by Gasteiger charge is 2.01. The Bertz CT molecular complexity index is 258. The van der Waals surface area contributed by atoms with E-state index in [1.54, 1.807) is 12.1 Å². The maximum atomic E-state index is 9.34. The van der Waals surface area contributed by atoms with Crippen molar-refractivity contribution < 1.29 is 5.11 Å². The number of nitrogen functional groups attached to an aromatic ring is 1. The molecule has 0 spiro atoms. The summed E-state index contributed by atoms with van der Waals surface area (Å²) >= 11 is 0. The molecule has 0 saturated heterocycles. The summed E-state index contributed by atoms with van der Waals surface area (Å²) in [6.45, 7) is 0. The summed E-state index contributed by atoms with van der Waals surface area (Å²) in [4.78, 5) is 1.83. The van der Waals surface area contributed by atoms with Gasteiger partial charge in [0.1, 0.15) is 5.75 Å². The molecule has 0 unspecified atom stereocenters. The van der Waals surface area contributed by atoms with Crippen molar-refractivity contribution in [1.82, 2.24) is 0 Å². The van der Waals surface area contributed by atoms with Crippen molar-refractivity contribution in [2.24, 2.45) is 0 Å². The number of phenolic OH excluding ortho intramolecular Hbond substituents is 1. The van der Waals surface area contributed by atoms with Crippen molar-refractivity contribution in [3.05, 3.63) is 18.2 Å². The second-order valence-electron chi connectivity index (χ2n) is 2.64. The highest BCUT2D eigenvalue weighted by molar-refractivity contribution is 5.62. The zero-order valence-electron chi connectivity index (χ0n) is 6.70. The van der Waals surface area contributed by atoms with Gasteiger partial charge in [-0.05, 0) is 12.1 Å². The van der Waals surface area contributed by atoms with Gasteiger partial charge in [-0.3, -0.25) is 0 Å². The summed E-state index contributed by atoms with van der Waals surface area (Å²) in [5.41, 5.74) is 6.80. The zero-order chi connectivity index (χ0) is 8.43. The van der Waals surface area contributed by atoms with Crippen LogP contribution < -0.4 is 10.6 Å². The number of anilines is 2. The number of phenols is 1. The summed E-state index contributed by atoms with van der Waals surface area (Å²) in [6.07, 6.45) is 0. The van der Waals surface area contributed by atoms with Crippen molar-refractivity contribution >= 4 is 11.4 Å². The summed E-state index contributed by atoms with van der Waals surface area (Å²) in [6, 6.07) is 5.08. The van der Waals surface area contributed by atoms with Crippen LogP contribution in [-0.2, 0) is 0 Å². The minimum absolute atomic E-state index is 0.218. The van der Waals surface area contributed by atoms with Crippen LogP contribution in [0.4, 0.5) is 11.4 Å². The van der Waals surface area contributed by atoms with Crippen LogP contribution >= 0.6 is 0 Å². The van der Waals surface area contributed by atoms with Crippen LogP contribution in [0.2, 0.25) is 0 Å². The quantitative estimate of drug-likeness (QED) is 0.591. The molecule has 0 radical (unpaired) electrons. The van der Waals surface area contributed by atoms with Crippen LogP contribution in [-0.4, -0.2) is 19.2 Å². The Hall–Kier alpha value is -1.38. The third kappa shape index (κ3) is 1.55. The second kappa shape index (κ2) is 2.70. The van der Waals surface area contributed by atoms with Gasteiger partial charge in [0.2, 0.25) is 0 Å². The Morgan fingerprint density at radius 1 is 1.36 bits per heavy atom. The fourth-order valence-corrected chi connectivity index (χ4v) is 0.919. The zero-order valence-corrected chi connectivity index (χ0v) is 6.70. The minimum Gasteiger partial charge on any atom is -0.506 e. The van der Waals surface area contributed by atoms with E-state index in [9.17, 15) is 5.11 Å². The molecule has 3 heteroatoms. The largest absolute Gasteiger partial charge is 0.506 e. The van der Waals surface area contributed by atoms with E-state index in [0.29, 0.717) is 5.69 Å². The van der Waals surface area contributed by atoms with Gasteiger partial charge in [-0.15, -0.1) is 0 Å². The first-order chi connectivity index (χ1) is 5.11. The topological polar surface area (TPSA) is 49.5 Å². The monoisotopic (exact) mass is 152 g/mol. The normalized spacial score (nSPS) is 9.64. The van der Waals surface area contributed by atoms with E-state index in [2.05, 4.69) is 0 Å². The van der Waals surface area contributed by atoms with Crippen molar-refractivity contribution in [3.8, 4) is 5.75 Å². The minimum atomic E-state index is 0.218. The van der Waals surface area contributed by atoms with Crippen LogP contribution in [0.25, 0.3) is 0 Å². The Labute approximate surface area is 66.1 Å². The molecule has 0 bridgehead atoms. The van der Waals surface area contributed by atoms with Crippen LogP contribution in [0, 0.1) is 0 Å². The molecule has 1 aromatic rings. The molecule has 3 N–H and O–H groups in total. The summed E-state index contributed by atoms with van der Waals surface area (Å²) < 4.78 is 0. The first kappa shape index (κ1) is 7.72. The first-order valence-electron chi connectivity index (χ1n) is 3.37. The molecule has 3 nitrogen and oxygen atoms in total. The molecule has 0 amide bonds. The van der Waals surface area contributed by atoms with Crippen molar-refractivity contribution in [1.29, 1.82) is 0 Å². The van der Waals surface area contributed by atoms with Crippen LogP contribution in [0.15, 0.2) is 18.2 Å². The Balaban J connectivity index is 3.09. The van der Waals surface area contributed by atoms with Gasteiger partial charge >= 0.3 is 0 Å². The highest BCUT2D eigenvalue weighted by Crippen LogP contribution is 2.26. The molecular weight excluding hydrogens is 140 g/mol. The average Bonchev–Trinajstić information content (AvgIpc) is 1.85. The number of nitrogens with zero attached hydrogens (tertiary/aromatic N) is 1.